The lowest BCUT2D eigenvalue weighted by molar-refractivity contribution is -0.298. The van der Waals surface area contributed by atoms with Crippen molar-refractivity contribution in [1.82, 2.24) is 14.8 Å². The highest BCUT2D eigenvalue weighted by atomic mass is 16.4. The minimum atomic E-state index is -1.53. The average molecular weight is 315 g/mol. The minimum absolute atomic E-state index is 0.465. The van der Waals surface area contributed by atoms with E-state index in [-0.39, 0.29) is 0 Å². The van der Waals surface area contributed by atoms with Gasteiger partial charge < -0.3 is 9.90 Å². The normalized spacial score (nSPS) is 11.0. The molecule has 0 aliphatic heterocycles. The summed E-state index contributed by atoms with van der Waals surface area (Å²) in [4.78, 5) is 15.1. The Morgan fingerprint density at radius 2 is 2.00 bits per heavy atom. The maximum absolute atomic E-state index is 11.0. The van der Waals surface area contributed by atoms with Crippen molar-refractivity contribution in [1.29, 1.82) is 5.26 Å². The van der Waals surface area contributed by atoms with Crippen LogP contribution in [-0.2, 0) is 4.79 Å². The van der Waals surface area contributed by atoms with Gasteiger partial charge in [0.25, 0.3) is 0 Å². The molecule has 0 bridgehead atoms. The molecule has 0 atom stereocenters. The molecule has 0 fully saturated rings. The molecule has 3 aromatic rings. The first-order valence-corrected chi connectivity index (χ1v) is 7.07. The number of benzene rings is 1. The Bertz CT molecular complexity index is 938. The van der Waals surface area contributed by atoms with Crippen LogP contribution in [0.3, 0.4) is 0 Å². The van der Waals surface area contributed by atoms with E-state index in [4.69, 9.17) is 5.26 Å². The zero-order chi connectivity index (χ0) is 16.9. The lowest BCUT2D eigenvalue weighted by atomic mass is 10.1. The van der Waals surface area contributed by atoms with Crippen molar-refractivity contribution < 1.29 is 9.90 Å². The molecule has 2 aromatic heterocycles. The molecule has 6 nitrogen and oxygen atoms in total. The zero-order valence-corrected chi connectivity index (χ0v) is 12.5. The second kappa shape index (κ2) is 6.58. The van der Waals surface area contributed by atoms with Crippen LogP contribution in [0.25, 0.3) is 23.0 Å². The van der Waals surface area contributed by atoms with Crippen LogP contribution in [-0.4, -0.2) is 20.7 Å². The fourth-order valence-electron chi connectivity index (χ4n) is 2.23. The first kappa shape index (κ1) is 15.2. The first-order chi connectivity index (χ1) is 11.7. The lowest BCUT2D eigenvalue weighted by Gasteiger charge is -2.00. The summed E-state index contributed by atoms with van der Waals surface area (Å²) >= 11 is 0. The largest absolute Gasteiger partial charge is 0.544 e. The number of nitrogens with zero attached hydrogens (tertiary/aromatic N) is 4. The van der Waals surface area contributed by atoms with Crippen molar-refractivity contribution in [3.63, 3.8) is 0 Å². The average Bonchev–Trinajstić information content (AvgIpc) is 3.05. The number of nitriles is 1. The fourth-order valence-corrected chi connectivity index (χ4v) is 2.23. The van der Waals surface area contributed by atoms with E-state index >= 15 is 0 Å². The van der Waals surface area contributed by atoms with Gasteiger partial charge in [-0.3, -0.25) is 4.98 Å². The van der Waals surface area contributed by atoms with Gasteiger partial charge in [0.15, 0.2) is 0 Å². The van der Waals surface area contributed by atoms with Crippen LogP contribution >= 0.6 is 0 Å². The topological polar surface area (TPSA) is 94.6 Å². The molecule has 1 aromatic carbocycles. The third-order valence-electron chi connectivity index (χ3n) is 3.34. The number of carbonyl (C=O) groups is 1. The van der Waals surface area contributed by atoms with Crippen LogP contribution < -0.4 is 5.11 Å². The number of pyridine rings is 1. The molecule has 0 aliphatic rings. The number of carbonyl (C=O) groups excluding carboxylic acids is 1. The summed E-state index contributed by atoms with van der Waals surface area (Å²) in [5.74, 6) is -1.53. The number of carboxylic acid groups (broad SMARTS) is 1. The third kappa shape index (κ3) is 3.05. The van der Waals surface area contributed by atoms with E-state index in [1.165, 1.54) is 6.08 Å². The summed E-state index contributed by atoms with van der Waals surface area (Å²) in [6.07, 6.45) is 6.18. The monoisotopic (exact) mass is 315 g/mol. The summed E-state index contributed by atoms with van der Waals surface area (Å²) in [5, 5.41) is 24.5. The van der Waals surface area contributed by atoms with E-state index in [0.29, 0.717) is 16.8 Å². The third-order valence-corrected chi connectivity index (χ3v) is 3.34. The van der Waals surface area contributed by atoms with Crippen molar-refractivity contribution in [2.45, 2.75) is 0 Å². The highest BCUT2D eigenvalue weighted by Gasteiger charge is 2.12. The van der Waals surface area contributed by atoms with Crippen LogP contribution in [0.5, 0.6) is 0 Å². The summed E-state index contributed by atoms with van der Waals surface area (Å²) in [6.45, 7) is 0. The number of aliphatic carboxylic acids is 1. The molecule has 0 unspecified atom stereocenters. The molecule has 0 amide bonds. The first-order valence-electron chi connectivity index (χ1n) is 7.07. The summed E-state index contributed by atoms with van der Waals surface area (Å²) in [7, 11) is 0. The molecule has 3 rings (SSSR count). The van der Waals surface area contributed by atoms with Crippen LogP contribution in [0.15, 0.2) is 66.6 Å². The van der Waals surface area contributed by atoms with Crippen molar-refractivity contribution in [3.8, 4) is 23.0 Å². The predicted molar refractivity (Wildman–Crippen MR) is 85.4 cm³/mol. The Balaban J connectivity index is 2.18. The smallest absolute Gasteiger partial charge is 0.102 e. The molecular formula is C18H11N4O2-. The standard InChI is InChI=1S/C18H12N4O2/c19-10-14(18(23)24)9-15-12-22(16-6-2-1-3-7-16)21-17(15)13-5-4-8-20-11-13/h1-9,11-12H,(H,23,24)/p-1/b14-9+. The highest BCUT2D eigenvalue weighted by Crippen LogP contribution is 2.25. The van der Waals surface area contributed by atoms with E-state index in [1.807, 2.05) is 36.4 Å². The number of hydrogen-bond donors (Lipinski definition) is 0. The van der Waals surface area contributed by atoms with E-state index in [1.54, 1.807) is 35.4 Å². The zero-order valence-electron chi connectivity index (χ0n) is 12.5. The molecular weight excluding hydrogens is 304 g/mol. The molecule has 0 spiro atoms. The van der Waals surface area contributed by atoms with Crippen molar-refractivity contribution >= 4 is 12.0 Å². The van der Waals surface area contributed by atoms with Gasteiger partial charge >= 0.3 is 0 Å². The van der Waals surface area contributed by atoms with Gasteiger partial charge in [0.2, 0.25) is 0 Å². The summed E-state index contributed by atoms with van der Waals surface area (Å²) in [6, 6.07) is 14.6. The molecule has 0 radical (unpaired) electrons. The maximum Gasteiger partial charge on any atom is 0.102 e. The second-order valence-corrected chi connectivity index (χ2v) is 4.91. The summed E-state index contributed by atoms with van der Waals surface area (Å²) in [5.41, 5.74) is 2.09. The van der Waals surface area contributed by atoms with Crippen LogP contribution in [0, 0.1) is 11.3 Å². The van der Waals surface area contributed by atoms with Crippen LogP contribution in [0.1, 0.15) is 5.56 Å². The van der Waals surface area contributed by atoms with Gasteiger partial charge in [-0.2, -0.15) is 10.4 Å². The van der Waals surface area contributed by atoms with Crippen molar-refractivity contribution in [3.05, 3.63) is 72.2 Å². The SMILES string of the molecule is N#C/C(=C\c1cn(-c2ccccc2)nc1-c1cccnc1)C(=O)[O-]. The molecule has 116 valence electrons. The quantitative estimate of drug-likeness (QED) is 0.538. The Kier molecular flexibility index (Phi) is 4.17. The van der Waals surface area contributed by atoms with E-state index < -0.39 is 11.5 Å². The number of rotatable bonds is 4. The van der Waals surface area contributed by atoms with Gasteiger partial charge in [-0.25, -0.2) is 4.68 Å². The van der Waals surface area contributed by atoms with Crippen LogP contribution in [0.4, 0.5) is 0 Å². The molecule has 2 heterocycles. The molecule has 0 saturated heterocycles. The number of aromatic nitrogens is 3. The Hall–Kier alpha value is -3.72. The lowest BCUT2D eigenvalue weighted by Crippen LogP contribution is -2.23. The number of carboxylic acids is 1. The van der Waals surface area contributed by atoms with Crippen molar-refractivity contribution in [2.24, 2.45) is 0 Å². The number of hydrogen-bond acceptors (Lipinski definition) is 5. The van der Waals surface area contributed by atoms with Crippen molar-refractivity contribution in [2.75, 3.05) is 0 Å². The van der Waals surface area contributed by atoms with Gasteiger partial charge in [0.1, 0.15) is 11.8 Å². The molecule has 0 N–H and O–H groups in total. The van der Waals surface area contributed by atoms with Gasteiger partial charge in [0, 0.05) is 29.7 Å². The maximum atomic E-state index is 11.0. The van der Waals surface area contributed by atoms with Gasteiger partial charge in [-0.05, 0) is 30.3 Å². The predicted octanol–water partition coefficient (Wildman–Crippen LogP) is 1.59. The van der Waals surface area contributed by atoms with Gasteiger partial charge in [0.05, 0.1) is 17.2 Å². The molecule has 0 saturated carbocycles. The number of para-hydroxylation sites is 1. The molecule has 24 heavy (non-hydrogen) atoms. The molecule has 0 aliphatic carbocycles. The van der Waals surface area contributed by atoms with Gasteiger partial charge in [-0.15, -0.1) is 0 Å². The Labute approximate surface area is 137 Å². The van der Waals surface area contributed by atoms with Gasteiger partial charge in [-0.1, -0.05) is 18.2 Å². The summed E-state index contributed by atoms with van der Waals surface area (Å²) < 4.78 is 1.62. The van der Waals surface area contributed by atoms with Crippen LogP contribution in [0.2, 0.25) is 0 Å². The van der Waals surface area contributed by atoms with E-state index in [9.17, 15) is 9.90 Å². The fraction of sp³-hybridized carbons (Fsp3) is 0. The van der Waals surface area contributed by atoms with E-state index in [0.717, 1.165) is 5.69 Å². The molecule has 6 heteroatoms. The highest BCUT2D eigenvalue weighted by molar-refractivity contribution is 5.96. The minimum Gasteiger partial charge on any atom is -0.544 e. The Morgan fingerprint density at radius 3 is 2.62 bits per heavy atom. The second-order valence-electron chi connectivity index (χ2n) is 4.91. The van der Waals surface area contributed by atoms with E-state index in [2.05, 4.69) is 10.1 Å². The Morgan fingerprint density at radius 1 is 1.21 bits per heavy atom.